The molecule has 2 rings (SSSR count). The van der Waals surface area contributed by atoms with Gasteiger partial charge < -0.3 is 11.1 Å². The molecule has 0 radical (unpaired) electrons. The average molecular weight is 320 g/mol. The number of hydrogen-bond acceptors (Lipinski definition) is 3. The van der Waals surface area contributed by atoms with Crippen LogP contribution in [0.5, 0.6) is 0 Å². The van der Waals surface area contributed by atoms with Crippen LogP contribution < -0.4 is 11.1 Å². The van der Waals surface area contributed by atoms with Crippen molar-refractivity contribution in [1.29, 1.82) is 0 Å². The van der Waals surface area contributed by atoms with Crippen molar-refractivity contribution < 1.29 is 9.18 Å². The Morgan fingerprint density at radius 3 is 2.45 bits per heavy atom. The Morgan fingerprint density at radius 1 is 1.32 bits per heavy atom. The first kappa shape index (κ1) is 16.6. The highest BCUT2D eigenvalue weighted by Crippen LogP contribution is 2.33. The number of rotatable bonds is 5. The first-order valence-electron chi connectivity index (χ1n) is 7.13. The van der Waals surface area contributed by atoms with E-state index < -0.39 is 5.91 Å². The summed E-state index contributed by atoms with van der Waals surface area (Å²) in [5, 5.41) is 5.27. The van der Waals surface area contributed by atoms with E-state index in [9.17, 15) is 9.18 Å². The zero-order valence-corrected chi connectivity index (χ0v) is 13.8. The molecule has 0 aliphatic heterocycles. The summed E-state index contributed by atoms with van der Waals surface area (Å²) in [5.41, 5.74) is 6.82. The lowest BCUT2D eigenvalue weighted by Gasteiger charge is -2.32. The van der Waals surface area contributed by atoms with Crippen molar-refractivity contribution in [2.45, 2.75) is 33.4 Å². The van der Waals surface area contributed by atoms with Crippen LogP contribution in [0.3, 0.4) is 0 Å². The highest BCUT2D eigenvalue weighted by Gasteiger charge is 2.26. The number of carbonyl (C=O) groups excluding carboxylic acids is 1. The summed E-state index contributed by atoms with van der Waals surface area (Å²) < 4.78 is 13.1. The minimum absolute atomic E-state index is 0.0262. The number of thiophene rings is 1. The third-order valence-electron chi connectivity index (χ3n) is 3.49. The molecule has 3 N–H and O–H groups in total. The molecular formula is C17H21FN2OS. The van der Waals surface area contributed by atoms with Crippen molar-refractivity contribution in [3.05, 3.63) is 57.5 Å². The highest BCUT2D eigenvalue weighted by molar-refractivity contribution is 7.10. The van der Waals surface area contributed by atoms with E-state index in [0.717, 1.165) is 10.4 Å². The molecule has 3 nitrogen and oxygen atoms in total. The Labute approximate surface area is 134 Å². The zero-order chi connectivity index (χ0) is 16.3. The minimum atomic E-state index is -0.409. The Bertz CT molecular complexity index is 643. The third-order valence-corrected chi connectivity index (χ3v) is 4.42. The van der Waals surface area contributed by atoms with Crippen LogP contribution in [-0.4, -0.2) is 5.91 Å². The van der Waals surface area contributed by atoms with Gasteiger partial charge in [-0.05, 0) is 29.2 Å². The molecule has 0 spiro atoms. The fourth-order valence-electron chi connectivity index (χ4n) is 2.38. The molecule has 1 amide bonds. The first-order chi connectivity index (χ1) is 10.3. The normalized spacial score (nSPS) is 13.1. The largest absolute Gasteiger partial charge is 0.366 e. The quantitative estimate of drug-likeness (QED) is 0.879. The fraction of sp³-hybridized carbons (Fsp3) is 0.353. The van der Waals surface area contributed by atoms with Crippen molar-refractivity contribution >= 4 is 17.2 Å². The maximum absolute atomic E-state index is 13.1. The predicted octanol–water partition coefficient (Wildman–Crippen LogP) is 3.86. The van der Waals surface area contributed by atoms with Gasteiger partial charge in [-0.15, -0.1) is 11.3 Å². The molecule has 0 aliphatic rings. The SMILES string of the molecule is CC(C)(C)[C@H](NCc1cc(C(N)=O)cs1)c1ccc(F)cc1. The van der Waals surface area contributed by atoms with E-state index in [1.54, 1.807) is 5.38 Å². The lowest BCUT2D eigenvalue weighted by molar-refractivity contribution is 0.100. The number of hydrogen-bond donors (Lipinski definition) is 2. The van der Waals surface area contributed by atoms with Crippen molar-refractivity contribution in [2.75, 3.05) is 0 Å². The molecule has 118 valence electrons. The van der Waals surface area contributed by atoms with E-state index in [-0.39, 0.29) is 17.3 Å². The molecule has 5 heteroatoms. The lowest BCUT2D eigenvalue weighted by Crippen LogP contribution is -2.31. The summed E-state index contributed by atoms with van der Waals surface area (Å²) in [5.74, 6) is -0.644. The first-order valence-corrected chi connectivity index (χ1v) is 8.01. The van der Waals surface area contributed by atoms with Gasteiger partial charge in [0.1, 0.15) is 5.82 Å². The maximum Gasteiger partial charge on any atom is 0.249 e. The monoisotopic (exact) mass is 320 g/mol. The van der Waals surface area contributed by atoms with Gasteiger partial charge in [-0.3, -0.25) is 4.79 Å². The maximum atomic E-state index is 13.1. The summed E-state index contributed by atoms with van der Waals surface area (Å²) in [6.07, 6.45) is 0. The van der Waals surface area contributed by atoms with Crippen molar-refractivity contribution in [3.63, 3.8) is 0 Å². The summed E-state index contributed by atoms with van der Waals surface area (Å²) >= 11 is 1.50. The van der Waals surface area contributed by atoms with E-state index in [4.69, 9.17) is 5.73 Å². The molecule has 0 unspecified atom stereocenters. The van der Waals surface area contributed by atoms with Crippen LogP contribution in [0.2, 0.25) is 0 Å². The van der Waals surface area contributed by atoms with E-state index >= 15 is 0 Å². The van der Waals surface area contributed by atoms with Crippen LogP contribution in [0, 0.1) is 11.2 Å². The second-order valence-electron chi connectivity index (χ2n) is 6.40. The second-order valence-corrected chi connectivity index (χ2v) is 7.39. The molecule has 1 heterocycles. The summed E-state index contributed by atoms with van der Waals surface area (Å²) in [4.78, 5) is 12.2. The molecule has 0 bridgehead atoms. The number of nitrogens with one attached hydrogen (secondary N) is 1. The smallest absolute Gasteiger partial charge is 0.249 e. The molecule has 22 heavy (non-hydrogen) atoms. The van der Waals surface area contributed by atoms with Gasteiger partial charge >= 0.3 is 0 Å². The highest BCUT2D eigenvalue weighted by atomic mass is 32.1. The average Bonchev–Trinajstić information content (AvgIpc) is 2.88. The van der Waals surface area contributed by atoms with Crippen LogP contribution in [0.15, 0.2) is 35.7 Å². The van der Waals surface area contributed by atoms with Gasteiger partial charge in [-0.1, -0.05) is 32.9 Å². The molecule has 0 aliphatic carbocycles. The van der Waals surface area contributed by atoms with Gasteiger partial charge in [0.15, 0.2) is 0 Å². The molecule has 2 aromatic rings. The number of halogens is 1. The fourth-order valence-corrected chi connectivity index (χ4v) is 3.21. The number of carbonyl (C=O) groups is 1. The van der Waals surface area contributed by atoms with Crippen molar-refractivity contribution in [3.8, 4) is 0 Å². The van der Waals surface area contributed by atoms with Gasteiger partial charge in [0, 0.05) is 22.8 Å². The minimum Gasteiger partial charge on any atom is -0.366 e. The summed E-state index contributed by atoms with van der Waals surface area (Å²) in [7, 11) is 0. The Balaban J connectivity index is 2.13. The number of nitrogens with two attached hydrogens (primary N) is 1. The molecular weight excluding hydrogens is 299 g/mol. The van der Waals surface area contributed by atoms with E-state index in [0.29, 0.717) is 12.1 Å². The zero-order valence-electron chi connectivity index (χ0n) is 13.0. The van der Waals surface area contributed by atoms with Gasteiger partial charge in [-0.2, -0.15) is 0 Å². The molecule has 0 saturated heterocycles. The molecule has 1 aromatic carbocycles. The Kier molecular flexibility index (Phi) is 4.98. The van der Waals surface area contributed by atoms with E-state index in [2.05, 4.69) is 26.1 Å². The van der Waals surface area contributed by atoms with Gasteiger partial charge in [-0.25, -0.2) is 4.39 Å². The number of benzene rings is 1. The van der Waals surface area contributed by atoms with E-state index in [1.807, 2.05) is 18.2 Å². The molecule has 0 fully saturated rings. The molecule has 1 aromatic heterocycles. The predicted molar refractivity (Wildman–Crippen MR) is 88.3 cm³/mol. The van der Waals surface area contributed by atoms with Crippen LogP contribution in [-0.2, 0) is 6.54 Å². The topological polar surface area (TPSA) is 55.1 Å². The van der Waals surface area contributed by atoms with Gasteiger partial charge in [0.05, 0.1) is 5.56 Å². The second kappa shape index (κ2) is 6.58. The van der Waals surface area contributed by atoms with Gasteiger partial charge in [0.2, 0.25) is 5.91 Å². The number of amides is 1. The lowest BCUT2D eigenvalue weighted by atomic mass is 9.82. The van der Waals surface area contributed by atoms with Crippen LogP contribution in [0.1, 0.15) is 47.6 Å². The van der Waals surface area contributed by atoms with Gasteiger partial charge in [0.25, 0.3) is 0 Å². The van der Waals surface area contributed by atoms with Crippen molar-refractivity contribution in [2.24, 2.45) is 11.1 Å². The summed E-state index contributed by atoms with van der Waals surface area (Å²) in [6, 6.07) is 8.46. The molecule has 1 atom stereocenters. The Hall–Kier alpha value is -1.72. The molecule has 0 saturated carbocycles. The van der Waals surface area contributed by atoms with Crippen LogP contribution >= 0.6 is 11.3 Å². The third kappa shape index (κ3) is 4.15. The Morgan fingerprint density at radius 2 is 1.95 bits per heavy atom. The summed E-state index contributed by atoms with van der Waals surface area (Å²) in [6.45, 7) is 7.04. The van der Waals surface area contributed by atoms with Crippen LogP contribution in [0.4, 0.5) is 4.39 Å². The van der Waals surface area contributed by atoms with Crippen LogP contribution in [0.25, 0.3) is 0 Å². The van der Waals surface area contributed by atoms with E-state index in [1.165, 1.54) is 23.5 Å². The van der Waals surface area contributed by atoms with Crippen molar-refractivity contribution in [1.82, 2.24) is 5.32 Å². The standard InChI is InChI=1S/C17H21FN2OS/c1-17(2,3)15(11-4-6-13(18)7-5-11)20-9-14-8-12(10-22-14)16(19)21/h4-8,10,15,20H,9H2,1-3H3,(H2,19,21)/t15-/m1/s1. The number of primary amides is 1.